The number of thiazole rings is 1. The van der Waals surface area contributed by atoms with E-state index in [4.69, 9.17) is 24.2 Å². The third-order valence-corrected chi connectivity index (χ3v) is 15.1. The summed E-state index contributed by atoms with van der Waals surface area (Å²) in [5.41, 5.74) is 10.6. The third kappa shape index (κ3) is 9.46. The molecule has 3 amide bonds. The summed E-state index contributed by atoms with van der Waals surface area (Å²) in [6, 6.07) is 7.43. The quantitative estimate of drug-likeness (QED) is 0.240. The number of aryl methyl sites for hydroxylation is 1. The molecule has 8 heterocycles. The molecular formula is C49H65N9O7S. The molecule has 354 valence electrons. The number of morpholine rings is 1. The number of nitrogens with one attached hydrogen (secondary N) is 2. The van der Waals surface area contributed by atoms with E-state index in [9.17, 15) is 19.2 Å². The monoisotopic (exact) mass is 923 g/mol. The van der Waals surface area contributed by atoms with Crippen molar-refractivity contribution >= 4 is 51.6 Å². The number of anilines is 1. The maximum absolute atomic E-state index is 14.4. The van der Waals surface area contributed by atoms with Crippen molar-refractivity contribution in [2.24, 2.45) is 11.3 Å². The second-order valence-electron chi connectivity index (χ2n) is 19.5. The van der Waals surface area contributed by atoms with E-state index in [1.807, 2.05) is 18.5 Å². The highest BCUT2D eigenvalue weighted by atomic mass is 32.1. The molecule has 2 N–H and O–H groups in total. The molecule has 4 saturated heterocycles. The molecule has 0 aliphatic carbocycles. The number of carbonyl (C=O) groups excluding carboxylic acids is 4. The number of amides is 3. The Balaban J connectivity index is 1.13. The van der Waals surface area contributed by atoms with Crippen LogP contribution in [-0.4, -0.2) is 144 Å². The zero-order valence-electron chi connectivity index (χ0n) is 39.3. The Morgan fingerprint density at radius 2 is 1.91 bits per heavy atom. The SMILES string of the molecule is CCn1c(-c2cc(N3CCN4CCOC[C@@H]4C3)cnc2[C@H](C)OC)c2c3cc(ccc31)-c1csc(n1)C[C@H](NC(=O)[C@H]1CCCN(C(C)=O)C1)C(=O)N1CCC[C@H](N1)C(=O)OCC(C)(C)C2. The Kier molecular flexibility index (Phi) is 13.5. The Bertz CT molecular complexity index is 2470. The summed E-state index contributed by atoms with van der Waals surface area (Å²) in [6.45, 7) is 17.3. The van der Waals surface area contributed by atoms with Gasteiger partial charge in [0.2, 0.25) is 11.8 Å². The summed E-state index contributed by atoms with van der Waals surface area (Å²) in [5, 5.41) is 8.32. The van der Waals surface area contributed by atoms with Gasteiger partial charge in [0.25, 0.3) is 5.91 Å². The van der Waals surface area contributed by atoms with E-state index in [2.05, 4.69) is 70.1 Å². The van der Waals surface area contributed by atoms with Crippen LogP contribution in [0.25, 0.3) is 33.4 Å². The lowest BCUT2D eigenvalue weighted by Crippen LogP contribution is -2.61. The fourth-order valence-electron chi connectivity index (χ4n) is 10.5. The summed E-state index contributed by atoms with van der Waals surface area (Å²) in [7, 11) is 1.72. The Labute approximate surface area is 391 Å². The van der Waals surface area contributed by atoms with Crippen LogP contribution in [0.2, 0.25) is 0 Å². The fraction of sp³-hybridized carbons (Fsp3) is 0.592. The molecule has 17 heteroatoms. The fourth-order valence-corrected chi connectivity index (χ4v) is 11.4. The maximum Gasteiger partial charge on any atom is 0.324 e. The molecule has 66 heavy (non-hydrogen) atoms. The zero-order valence-corrected chi connectivity index (χ0v) is 40.1. The molecule has 5 aliphatic rings. The first kappa shape index (κ1) is 46.2. The largest absolute Gasteiger partial charge is 0.464 e. The summed E-state index contributed by atoms with van der Waals surface area (Å²) in [6.07, 6.45) is 4.87. The third-order valence-electron chi connectivity index (χ3n) is 14.3. The van der Waals surface area contributed by atoms with Crippen LogP contribution < -0.4 is 15.6 Å². The van der Waals surface area contributed by atoms with Crippen molar-refractivity contribution in [1.29, 1.82) is 0 Å². The van der Waals surface area contributed by atoms with Crippen molar-refractivity contribution in [3.63, 3.8) is 0 Å². The highest BCUT2D eigenvalue weighted by molar-refractivity contribution is 7.10. The number of hydrogen-bond acceptors (Lipinski definition) is 13. The number of hydrogen-bond donors (Lipinski definition) is 2. The van der Waals surface area contributed by atoms with Crippen LogP contribution in [0.15, 0.2) is 35.8 Å². The number of likely N-dealkylation sites (tertiary alicyclic amines) is 1. The highest BCUT2D eigenvalue weighted by Crippen LogP contribution is 2.43. The van der Waals surface area contributed by atoms with Gasteiger partial charge in [0.1, 0.15) is 12.1 Å². The molecule has 0 saturated carbocycles. The van der Waals surface area contributed by atoms with E-state index >= 15 is 0 Å². The number of benzene rings is 1. The van der Waals surface area contributed by atoms with Gasteiger partial charge in [-0.2, -0.15) is 0 Å². The Morgan fingerprint density at radius 3 is 2.71 bits per heavy atom. The van der Waals surface area contributed by atoms with Crippen molar-refractivity contribution in [2.75, 3.05) is 77.6 Å². The van der Waals surface area contributed by atoms with Crippen LogP contribution in [0, 0.1) is 11.3 Å². The van der Waals surface area contributed by atoms with Gasteiger partial charge in [0.05, 0.1) is 71.9 Å². The van der Waals surface area contributed by atoms with Crippen LogP contribution in [0.3, 0.4) is 0 Å². The van der Waals surface area contributed by atoms with Gasteiger partial charge in [-0.3, -0.25) is 34.1 Å². The second-order valence-corrected chi connectivity index (χ2v) is 20.4. The summed E-state index contributed by atoms with van der Waals surface area (Å²) < 4.78 is 20.5. The van der Waals surface area contributed by atoms with E-state index in [1.54, 1.807) is 12.0 Å². The van der Waals surface area contributed by atoms with Crippen molar-refractivity contribution < 1.29 is 33.4 Å². The number of rotatable bonds is 7. The predicted molar refractivity (Wildman–Crippen MR) is 253 cm³/mol. The molecule has 0 spiro atoms. The summed E-state index contributed by atoms with van der Waals surface area (Å²) in [4.78, 5) is 71.5. The Hall–Kier alpha value is -4.94. The average molecular weight is 924 g/mol. The first-order chi connectivity index (χ1) is 31.8. The van der Waals surface area contributed by atoms with E-state index < -0.39 is 29.4 Å². The van der Waals surface area contributed by atoms with Gasteiger partial charge in [0, 0.05) is 106 Å². The smallest absolute Gasteiger partial charge is 0.324 e. The minimum atomic E-state index is -0.951. The van der Waals surface area contributed by atoms with Crippen LogP contribution in [0.4, 0.5) is 5.69 Å². The normalized spacial score (nSPS) is 24.7. The number of piperazine rings is 1. The molecule has 4 fully saturated rings. The minimum absolute atomic E-state index is 0.0712. The summed E-state index contributed by atoms with van der Waals surface area (Å²) in [5.74, 6) is -1.55. The standard InChI is InChI=1S/C49H65N9O7S/c1-7-57-42-13-12-32-20-36(42)38(45(57)37-21-34(24-50-44(37)30(2)63-6)56-17-16-54-18-19-64-27-35(54)26-56)23-49(4,5)29-65-48(62)39-11-9-15-58(53-39)47(61)40(22-43-51-41(32)28-66-43)52-46(60)33-10-8-14-55(25-33)31(3)59/h12-13,20-21,24,28,30,33,35,39-40,53H,7-11,14-19,22-23,25-27,29H2,1-6H3,(H,52,60)/t30-,33-,35-,39-,40-/m0/s1. The topological polar surface area (TPSA) is 164 Å². The Morgan fingerprint density at radius 1 is 1.08 bits per heavy atom. The predicted octanol–water partition coefficient (Wildman–Crippen LogP) is 4.98. The number of nitrogens with zero attached hydrogens (tertiary/aromatic N) is 7. The minimum Gasteiger partial charge on any atom is -0.464 e. The van der Waals surface area contributed by atoms with E-state index in [0.29, 0.717) is 69.3 Å². The van der Waals surface area contributed by atoms with Crippen LogP contribution in [0.1, 0.15) is 82.7 Å². The first-order valence-corrected chi connectivity index (χ1v) is 24.7. The van der Waals surface area contributed by atoms with Gasteiger partial charge in [-0.15, -0.1) is 11.3 Å². The molecule has 5 atom stereocenters. The maximum atomic E-state index is 14.4. The van der Waals surface area contributed by atoms with Crippen LogP contribution in [0.5, 0.6) is 0 Å². The van der Waals surface area contributed by atoms with E-state index in [0.717, 1.165) is 89.8 Å². The van der Waals surface area contributed by atoms with Gasteiger partial charge in [0.15, 0.2) is 0 Å². The van der Waals surface area contributed by atoms with Gasteiger partial charge in [-0.1, -0.05) is 19.9 Å². The number of fused-ring (bicyclic) bond motifs is 7. The van der Waals surface area contributed by atoms with Gasteiger partial charge in [-0.05, 0) is 69.7 Å². The molecular weight excluding hydrogens is 859 g/mol. The number of esters is 1. The van der Waals surface area contributed by atoms with E-state index in [-0.39, 0.29) is 36.9 Å². The number of cyclic esters (lactones) is 1. The molecule has 1 aromatic carbocycles. The molecule has 9 rings (SSSR count). The van der Waals surface area contributed by atoms with Crippen molar-refractivity contribution in [3.8, 4) is 22.5 Å². The lowest BCUT2D eigenvalue weighted by Gasteiger charge is -2.44. The molecule has 0 radical (unpaired) electrons. The molecule has 4 aromatic rings. The summed E-state index contributed by atoms with van der Waals surface area (Å²) >= 11 is 1.45. The first-order valence-electron chi connectivity index (χ1n) is 23.8. The van der Waals surface area contributed by atoms with Crippen molar-refractivity contribution in [1.82, 2.24) is 40.1 Å². The number of ether oxygens (including phenoxy) is 3. The van der Waals surface area contributed by atoms with Crippen LogP contribution >= 0.6 is 11.3 Å². The van der Waals surface area contributed by atoms with Gasteiger partial charge in [-0.25, -0.2) is 10.4 Å². The number of piperidine rings is 1. The average Bonchev–Trinajstić information content (AvgIpc) is 3.93. The number of hydrazine groups is 1. The van der Waals surface area contributed by atoms with Crippen LogP contribution in [-0.2, 0) is 52.8 Å². The molecule has 3 aromatic heterocycles. The highest BCUT2D eigenvalue weighted by Gasteiger charge is 2.38. The molecule has 0 unspecified atom stereocenters. The molecule has 6 bridgehead atoms. The van der Waals surface area contributed by atoms with E-state index in [1.165, 1.54) is 23.3 Å². The number of aromatic nitrogens is 3. The number of pyridine rings is 1. The van der Waals surface area contributed by atoms with Crippen molar-refractivity contribution in [2.45, 2.75) is 104 Å². The number of carbonyl (C=O) groups is 4. The van der Waals surface area contributed by atoms with Crippen molar-refractivity contribution in [3.05, 3.63) is 52.1 Å². The lowest BCUT2D eigenvalue weighted by atomic mass is 9.84. The molecule has 16 nitrogen and oxygen atoms in total. The second kappa shape index (κ2) is 19.3. The lowest BCUT2D eigenvalue weighted by molar-refractivity contribution is -0.155. The van der Waals surface area contributed by atoms with Gasteiger partial charge >= 0.3 is 5.97 Å². The zero-order chi connectivity index (χ0) is 46.3. The number of methoxy groups -OCH3 is 1. The molecule has 5 aliphatic heterocycles. The van der Waals surface area contributed by atoms with Gasteiger partial charge < -0.3 is 33.9 Å².